The molecule has 3 heterocycles. The van der Waals surface area contributed by atoms with Crippen LogP contribution in [0.4, 0.5) is 0 Å². The van der Waals surface area contributed by atoms with E-state index in [4.69, 9.17) is 5.73 Å². The van der Waals surface area contributed by atoms with E-state index in [1.165, 1.54) is 16.5 Å². The molecule has 2 N–H and O–H groups in total. The second-order valence-corrected chi connectivity index (χ2v) is 9.24. The molecular formula is C26H24N6O2. The lowest BCUT2D eigenvalue weighted by Gasteiger charge is -2.40. The third-order valence-electron chi connectivity index (χ3n) is 7.50. The lowest BCUT2D eigenvalue weighted by Crippen LogP contribution is -2.45. The molecule has 2 aromatic heterocycles. The minimum absolute atomic E-state index is 0.0635. The summed E-state index contributed by atoms with van der Waals surface area (Å²) in [5.74, 6) is 0.240. The fraction of sp³-hybridized carbons (Fsp3) is 0.269. The number of carbonyl (C=O) groups excluding carboxylic acids is 1. The first kappa shape index (κ1) is 20.5. The average molecular weight is 453 g/mol. The molecule has 4 aromatic rings. The van der Waals surface area contributed by atoms with Gasteiger partial charge >= 0.3 is 0 Å². The molecule has 8 nitrogen and oxygen atoms in total. The summed E-state index contributed by atoms with van der Waals surface area (Å²) in [6.07, 6.45) is 6.66. The van der Waals surface area contributed by atoms with E-state index in [1.807, 2.05) is 35.0 Å². The second-order valence-electron chi connectivity index (χ2n) is 9.24. The van der Waals surface area contributed by atoms with Crippen LogP contribution < -0.4 is 11.3 Å². The smallest absolute Gasteiger partial charge is 0.288 e. The Kier molecular flexibility index (Phi) is 4.36. The van der Waals surface area contributed by atoms with Gasteiger partial charge in [0.15, 0.2) is 0 Å². The Morgan fingerprint density at radius 2 is 1.74 bits per heavy atom. The third-order valence-corrected chi connectivity index (χ3v) is 7.50. The van der Waals surface area contributed by atoms with Gasteiger partial charge in [-0.05, 0) is 36.0 Å². The number of rotatable bonds is 5. The minimum Gasteiger partial charge on any atom is -0.363 e. The van der Waals surface area contributed by atoms with E-state index in [0.717, 1.165) is 42.6 Å². The normalized spacial score (nSPS) is 20.1. The zero-order valence-electron chi connectivity index (χ0n) is 18.8. The second kappa shape index (κ2) is 7.21. The molecule has 1 amide bonds. The van der Waals surface area contributed by atoms with Crippen LogP contribution in [0, 0.1) is 0 Å². The first-order chi connectivity index (χ1) is 16.5. The number of fused-ring (bicyclic) bond motifs is 1. The van der Waals surface area contributed by atoms with Gasteiger partial charge in [0, 0.05) is 25.1 Å². The lowest BCUT2D eigenvalue weighted by atomic mass is 9.70. The highest BCUT2D eigenvalue weighted by Gasteiger charge is 2.64. The molecule has 1 aliphatic carbocycles. The largest absolute Gasteiger partial charge is 0.363 e. The summed E-state index contributed by atoms with van der Waals surface area (Å²) in [6, 6.07) is 18.6. The average Bonchev–Trinajstić information content (AvgIpc) is 3.41. The van der Waals surface area contributed by atoms with Crippen LogP contribution in [-0.2, 0) is 24.4 Å². The molecular weight excluding hydrogens is 428 g/mol. The fourth-order valence-electron chi connectivity index (χ4n) is 5.75. The minimum atomic E-state index is -0.615. The summed E-state index contributed by atoms with van der Waals surface area (Å²) in [7, 11) is 1.70. The zero-order valence-corrected chi connectivity index (χ0v) is 18.8. The van der Waals surface area contributed by atoms with Crippen molar-refractivity contribution in [3.05, 3.63) is 100 Å². The number of hydrogen-bond donors (Lipinski definition) is 1. The van der Waals surface area contributed by atoms with Gasteiger partial charge in [-0.15, -0.1) is 5.10 Å². The number of aromatic nitrogens is 5. The molecule has 170 valence electrons. The van der Waals surface area contributed by atoms with Crippen molar-refractivity contribution >= 4 is 5.91 Å². The molecule has 1 aliphatic heterocycles. The van der Waals surface area contributed by atoms with Crippen LogP contribution in [0.1, 0.15) is 46.8 Å². The molecule has 1 atom stereocenters. The lowest BCUT2D eigenvalue weighted by molar-refractivity contribution is 0.0988. The van der Waals surface area contributed by atoms with E-state index in [0.29, 0.717) is 5.56 Å². The summed E-state index contributed by atoms with van der Waals surface area (Å²) >= 11 is 0. The van der Waals surface area contributed by atoms with Crippen molar-refractivity contribution in [1.29, 1.82) is 0 Å². The standard InChI is InChI=1S/C26H24N6O2/c1-31-16-28-15-20(24(31)34)17-7-9-18(10-8-17)25(13-14-25)26(19-5-3-2-4-6-19)12-11-21-29-23(22(27)33)30-32(21)26/h2-10,15-16H,11-14H2,1H3,(H2,27,33). The van der Waals surface area contributed by atoms with Crippen LogP contribution in [0.2, 0.25) is 0 Å². The maximum Gasteiger partial charge on any atom is 0.288 e. The summed E-state index contributed by atoms with van der Waals surface area (Å²) < 4.78 is 3.44. The van der Waals surface area contributed by atoms with Crippen molar-refractivity contribution in [2.75, 3.05) is 0 Å². The Balaban J connectivity index is 1.50. The fourth-order valence-corrected chi connectivity index (χ4v) is 5.75. The molecule has 34 heavy (non-hydrogen) atoms. The van der Waals surface area contributed by atoms with E-state index in [1.54, 1.807) is 13.2 Å². The quantitative estimate of drug-likeness (QED) is 0.501. The molecule has 0 radical (unpaired) electrons. The third kappa shape index (κ3) is 2.74. The number of hydrogen-bond acceptors (Lipinski definition) is 5. The van der Waals surface area contributed by atoms with E-state index in [-0.39, 0.29) is 16.8 Å². The number of carbonyl (C=O) groups is 1. The maximum absolute atomic E-state index is 12.6. The molecule has 6 rings (SSSR count). The number of primary amides is 1. The first-order valence-electron chi connectivity index (χ1n) is 11.4. The van der Waals surface area contributed by atoms with Crippen LogP contribution in [0.25, 0.3) is 11.1 Å². The van der Waals surface area contributed by atoms with Gasteiger partial charge in [-0.1, -0.05) is 54.6 Å². The van der Waals surface area contributed by atoms with Gasteiger partial charge in [0.25, 0.3) is 11.5 Å². The highest BCUT2D eigenvalue weighted by Crippen LogP contribution is 2.64. The summed E-state index contributed by atoms with van der Waals surface area (Å²) in [5, 5.41) is 4.62. The SMILES string of the molecule is Cn1cncc(-c2ccc(C3(C4(c5ccccc5)CCc5nc(C(N)=O)nn54)CC3)cc2)c1=O. The van der Waals surface area contributed by atoms with Crippen molar-refractivity contribution in [2.45, 2.75) is 36.6 Å². The highest BCUT2D eigenvalue weighted by atomic mass is 16.1. The summed E-state index contributed by atoms with van der Waals surface area (Å²) in [5.41, 5.74) is 8.54. The van der Waals surface area contributed by atoms with Gasteiger partial charge in [0.05, 0.1) is 17.4 Å². The molecule has 1 fully saturated rings. The zero-order chi connectivity index (χ0) is 23.5. The van der Waals surface area contributed by atoms with Gasteiger partial charge in [-0.3, -0.25) is 9.59 Å². The van der Waals surface area contributed by atoms with Crippen molar-refractivity contribution in [3.63, 3.8) is 0 Å². The summed E-state index contributed by atoms with van der Waals surface area (Å²) in [4.78, 5) is 33.1. The Hall–Kier alpha value is -4.07. The van der Waals surface area contributed by atoms with Gasteiger partial charge in [-0.25, -0.2) is 14.6 Å². The maximum atomic E-state index is 12.6. The number of aryl methyl sites for hydroxylation is 2. The van der Waals surface area contributed by atoms with Crippen LogP contribution in [0.3, 0.4) is 0 Å². The van der Waals surface area contributed by atoms with Crippen LogP contribution in [0.15, 0.2) is 71.9 Å². The predicted octanol–water partition coefficient (Wildman–Crippen LogP) is 2.56. The Morgan fingerprint density at radius 3 is 2.41 bits per heavy atom. The van der Waals surface area contributed by atoms with Crippen molar-refractivity contribution in [2.24, 2.45) is 12.8 Å². The van der Waals surface area contributed by atoms with Gasteiger partial charge < -0.3 is 10.3 Å². The van der Waals surface area contributed by atoms with Crippen molar-refractivity contribution in [3.8, 4) is 11.1 Å². The Bertz CT molecular complexity index is 1470. The predicted molar refractivity (Wildman–Crippen MR) is 126 cm³/mol. The number of amides is 1. The highest BCUT2D eigenvalue weighted by molar-refractivity contribution is 5.88. The molecule has 0 bridgehead atoms. The first-order valence-corrected chi connectivity index (χ1v) is 11.4. The molecule has 2 aliphatic rings. The molecule has 0 saturated heterocycles. The van der Waals surface area contributed by atoms with E-state index >= 15 is 0 Å². The molecule has 0 spiro atoms. The molecule has 1 saturated carbocycles. The number of nitrogens with two attached hydrogens (primary N) is 1. The van der Waals surface area contributed by atoms with Gasteiger partial charge in [0.1, 0.15) is 5.82 Å². The van der Waals surface area contributed by atoms with Crippen LogP contribution in [0.5, 0.6) is 0 Å². The van der Waals surface area contributed by atoms with Gasteiger partial charge in [-0.2, -0.15) is 0 Å². The Labute approximate surface area is 196 Å². The summed E-state index contributed by atoms with van der Waals surface area (Å²) in [6.45, 7) is 0. The van der Waals surface area contributed by atoms with Crippen LogP contribution >= 0.6 is 0 Å². The molecule has 2 aromatic carbocycles. The number of benzene rings is 2. The monoisotopic (exact) mass is 452 g/mol. The van der Waals surface area contributed by atoms with Gasteiger partial charge in [0.2, 0.25) is 5.82 Å². The van der Waals surface area contributed by atoms with E-state index in [9.17, 15) is 9.59 Å². The van der Waals surface area contributed by atoms with Crippen molar-refractivity contribution < 1.29 is 4.79 Å². The molecule has 8 heteroatoms. The molecule has 1 unspecified atom stereocenters. The van der Waals surface area contributed by atoms with E-state index < -0.39 is 11.4 Å². The Morgan fingerprint density at radius 1 is 1.00 bits per heavy atom. The topological polar surface area (TPSA) is 109 Å². The van der Waals surface area contributed by atoms with E-state index in [2.05, 4.69) is 39.3 Å². The van der Waals surface area contributed by atoms with Crippen LogP contribution in [-0.4, -0.2) is 30.2 Å². The van der Waals surface area contributed by atoms with Crippen molar-refractivity contribution in [1.82, 2.24) is 24.3 Å². The number of nitrogens with zero attached hydrogens (tertiary/aromatic N) is 5.